The van der Waals surface area contributed by atoms with Gasteiger partial charge in [-0.15, -0.1) is 0 Å². The topological polar surface area (TPSA) is 85.9 Å². The lowest BCUT2D eigenvalue weighted by molar-refractivity contribution is 0.438. The Morgan fingerprint density at radius 1 is 1.19 bits per heavy atom. The van der Waals surface area contributed by atoms with Crippen LogP contribution < -0.4 is 10.6 Å². The summed E-state index contributed by atoms with van der Waals surface area (Å²) in [6.07, 6.45) is 2.67. The highest BCUT2D eigenvalue weighted by Crippen LogP contribution is 2.27. The highest BCUT2D eigenvalue weighted by Gasteiger charge is 2.16. The molecule has 0 amide bonds. The van der Waals surface area contributed by atoms with Gasteiger partial charge >= 0.3 is 0 Å². The molecule has 1 aliphatic heterocycles. The largest absolute Gasteiger partial charge is 0.480 e. The molecule has 0 saturated heterocycles. The number of rotatable bonds is 4. The SMILES string of the molecule is Oc1nc2nc(NCc3c(F)cc(C4=CCNCC4)cc3F)c(Cl)cc2[nH]1. The molecular weight excluding hydrogens is 376 g/mol. The molecule has 0 radical (unpaired) electrons. The van der Waals surface area contributed by atoms with E-state index in [0.29, 0.717) is 17.6 Å². The van der Waals surface area contributed by atoms with Gasteiger partial charge in [0, 0.05) is 18.7 Å². The summed E-state index contributed by atoms with van der Waals surface area (Å²) >= 11 is 6.13. The van der Waals surface area contributed by atoms with Gasteiger partial charge in [0.2, 0.25) is 0 Å². The zero-order valence-electron chi connectivity index (χ0n) is 14.1. The van der Waals surface area contributed by atoms with Crippen molar-refractivity contribution in [3.8, 4) is 6.01 Å². The number of aromatic hydroxyl groups is 1. The van der Waals surface area contributed by atoms with Gasteiger partial charge in [-0.3, -0.25) is 0 Å². The van der Waals surface area contributed by atoms with Crippen molar-refractivity contribution in [2.24, 2.45) is 0 Å². The quantitative estimate of drug-likeness (QED) is 0.546. The first-order valence-electron chi connectivity index (χ1n) is 8.38. The van der Waals surface area contributed by atoms with Gasteiger partial charge in [-0.1, -0.05) is 17.7 Å². The van der Waals surface area contributed by atoms with E-state index in [1.807, 2.05) is 6.08 Å². The summed E-state index contributed by atoms with van der Waals surface area (Å²) in [5.41, 5.74) is 2.09. The Bertz CT molecular complexity index is 1030. The highest BCUT2D eigenvalue weighted by atomic mass is 35.5. The van der Waals surface area contributed by atoms with Crippen molar-refractivity contribution in [2.75, 3.05) is 18.4 Å². The standard InChI is InChI=1S/C18H16ClF2N5O/c19-12-7-15-17(26-18(27)24-15)25-16(12)23-8-11-13(20)5-10(6-14(11)21)9-1-3-22-4-2-9/h1,5-7,22H,2-4,8H2,(H3,23,24,25,26,27). The number of pyridine rings is 1. The molecule has 1 aliphatic rings. The smallest absolute Gasteiger partial charge is 0.293 e. The van der Waals surface area contributed by atoms with E-state index in [4.69, 9.17) is 11.6 Å². The van der Waals surface area contributed by atoms with Crippen LogP contribution in [0.25, 0.3) is 16.7 Å². The second kappa shape index (κ2) is 7.13. The van der Waals surface area contributed by atoms with Crippen molar-refractivity contribution in [3.63, 3.8) is 0 Å². The molecule has 4 rings (SSSR count). The fraction of sp³-hybridized carbons (Fsp3) is 0.222. The molecule has 2 aromatic heterocycles. The molecule has 0 unspecified atom stereocenters. The Hall–Kier alpha value is -2.71. The van der Waals surface area contributed by atoms with E-state index < -0.39 is 11.6 Å². The number of H-pyrrole nitrogens is 1. The maximum atomic E-state index is 14.5. The predicted molar refractivity (Wildman–Crippen MR) is 99.7 cm³/mol. The van der Waals surface area contributed by atoms with Crippen LogP contribution in [-0.2, 0) is 6.54 Å². The average molecular weight is 392 g/mol. The van der Waals surface area contributed by atoms with Crippen LogP contribution in [-0.4, -0.2) is 33.1 Å². The van der Waals surface area contributed by atoms with Gasteiger partial charge in [0.1, 0.15) is 17.5 Å². The number of hydrogen-bond donors (Lipinski definition) is 4. The fourth-order valence-electron chi connectivity index (χ4n) is 3.04. The minimum Gasteiger partial charge on any atom is -0.480 e. The summed E-state index contributed by atoms with van der Waals surface area (Å²) in [7, 11) is 0. The van der Waals surface area contributed by atoms with Gasteiger partial charge in [0.25, 0.3) is 6.01 Å². The van der Waals surface area contributed by atoms with Crippen LogP contribution in [0.4, 0.5) is 14.6 Å². The molecule has 140 valence electrons. The molecule has 0 fully saturated rings. The van der Waals surface area contributed by atoms with Gasteiger partial charge in [0.05, 0.1) is 10.5 Å². The molecule has 0 bridgehead atoms. The Balaban J connectivity index is 1.58. The lowest BCUT2D eigenvalue weighted by atomic mass is 9.98. The van der Waals surface area contributed by atoms with E-state index >= 15 is 0 Å². The maximum Gasteiger partial charge on any atom is 0.293 e. The Morgan fingerprint density at radius 3 is 2.67 bits per heavy atom. The van der Waals surface area contributed by atoms with Gasteiger partial charge in [0.15, 0.2) is 5.65 Å². The maximum absolute atomic E-state index is 14.5. The van der Waals surface area contributed by atoms with Crippen LogP contribution in [0.1, 0.15) is 17.5 Å². The van der Waals surface area contributed by atoms with E-state index in [1.54, 1.807) is 0 Å². The molecule has 0 atom stereocenters. The normalized spacial score (nSPS) is 14.4. The van der Waals surface area contributed by atoms with E-state index in [-0.39, 0.29) is 34.6 Å². The van der Waals surface area contributed by atoms with Crippen LogP contribution in [0.5, 0.6) is 6.01 Å². The van der Waals surface area contributed by atoms with Crippen LogP contribution in [0.15, 0.2) is 24.3 Å². The number of imidazole rings is 1. The molecule has 4 N–H and O–H groups in total. The molecule has 9 heteroatoms. The zero-order chi connectivity index (χ0) is 19.0. The first-order valence-corrected chi connectivity index (χ1v) is 8.76. The number of benzene rings is 1. The summed E-state index contributed by atoms with van der Waals surface area (Å²) in [4.78, 5) is 10.5. The van der Waals surface area contributed by atoms with Crippen LogP contribution in [0, 0.1) is 11.6 Å². The number of nitrogens with one attached hydrogen (secondary N) is 3. The lowest BCUT2D eigenvalue weighted by Gasteiger charge is -2.16. The van der Waals surface area contributed by atoms with Crippen molar-refractivity contribution >= 4 is 34.2 Å². The number of halogens is 3. The molecular formula is C18H16ClF2N5O. The van der Waals surface area contributed by atoms with Crippen molar-refractivity contribution < 1.29 is 13.9 Å². The second-order valence-electron chi connectivity index (χ2n) is 6.21. The summed E-state index contributed by atoms with van der Waals surface area (Å²) in [6, 6.07) is 3.94. The van der Waals surface area contributed by atoms with E-state index in [1.165, 1.54) is 18.2 Å². The first-order chi connectivity index (χ1) is 13.0. The summed E-state index contributed by atoms with van der Waals surface area (Å²) in [5.74, 6) is -1.04. The van der Waals surface area contributed by atoms with Crippen molar-refractivity contribution in [2.45, 2.75) is 13.0 Å². The summed E-state index contributed by atoms with van der Waals surface area (Å²) < 4.78 is 29.0. The van der Waals surface area contributed by atoms with Gasteiger partial charge in [-0.05, 0) is 42.3 Å². The number of hydrogen-bond acceptors (Lipinski definition) is 5. The van der Waals surface area contributed by atoms with Crippen molar-refractivity contribution in [1.29, 1.82) is 0 Å². The van der Waals surface area contributed by atoms with E-state index in [9.17, 15) is 13.9 Å². The van der Waals surface area contributed by atoms with Crippen LogP contribution in [0.2, 0.25) is 5.02 Å². The number of fused-ring (bicyclic) bond motifs is 1. The Morgan fingerprint density at radius 2 is 1.96 bits per heavy atom. The van der Waals surface area contributed by atoms with Crippen molar-refractivity contribution in [3.05, 3.63) is 52.1 Å². The van der Waals surface area contributed by atoms with Gasteiger partial charge in [-0.2, -0.15) is 4.98 Å². The third-order valence-corrected chi connectivity index (χ3v) is 4.71. The lowest BCUT2D eigenvalue weighted by Crippen LogP contribution is -2.20. The molecule has 3 aromatic rings. The van der Waals surface area contributed by atoms with Gasteiger partial charge < -0.3 is 20.7 Å². The summed E-state index contributed by atoms with van der Waals surface area (Å²) in [5, 5.41) is 15.6. The monoisotopic (exact) mass is 391 g/mol. The van der Waals surface area contributed by atoms with Gasteiger partial charge in [-0.25, -0.2) is 13.8 Å². The molecule has 0 saturated carbocycles. The molecule has 1 aromatic carbocycles. The van der Waals surface area contributed by atoms with Crippen LogP contribution >= 0.6 is 11.6 Å². The third kappa shape index (κ3) is 3.58. The minimum atomic E-state index is -0.633. The number of aromatic nitrogens is 3. The number of aromatic amines is 1. The van der Waals surface area contributed by atoms with Crippen LogP contribution in [0.3, 0.4) is 0 Å². The van der Waals surface area contributed by atoms with E-state index in [0.717, 1.165) is 18.5 Å². The molecule has 0 aliphatic carbocycles. The molecule has 27 heavy (non-hydrogen) atoms. The number of nitrogens with zero attached hydrogens (tertiary/aromatic N) is 2. The average Bonchev–Trinajstić information content (AvgIpc) is 3.00. The Labute approximate surface area is 158 Å². The highest BCUT2D eigenvalue weighted by molar-refractivity contribution is 6.33. The molecule has 6 nitrogen and oxygen atoms in total. The zero-order valence-corrected chi connectivity index (χ0v) is 14.9. The Kier molecular flexibility index (Phi) is 4.67. The van der Waals surface area contributed by atoms with E-state index in [2.05, 4.69) is 25.6 Å². The van der Waals surface area contributed by atoms with Crippen molar-refractivity contribution in [1.82, 2.24) is 20.3 Å². The third-order valence-electron chi connectivity index (χ3n) is 4.42. The minimum absolute atomic E-state index is 0.101. The number of anilines is 1. The fourth-order valence-corrected chi connectivity index (χ4v) is 3.26. The predicted octanol–water partition coefficient (Wildman–Crippen LogP) is 3.58. The molecule has 0 spiro atoms. The molecule has 3 heterocycles. The second-order valence-corrected chi connectivity index (χ2v) is 6.61. The summed E-state index contributed by atoms with van der Waals surface area (Å²) in [6.45, 7) is 1.35. The first kappa shape index (κ1) is 17.7.